The maximum Gasteiger partial charge on any atom is 0.140 e. The fourth-order valence-electron chi connectivity index (χ4n) is 2.94. The maximum atomic E-state index is 11.6. The highest BCUT2D eigenvalue weighted by Crippen LogP contribution is 2.49. The van der Waals surface area contributed by atoms with Gasteiger partial charge in [0.2, 0.25) is 0 Å². The van der Waals surface area contributed by atoms with Gasteiger partial charge in [-0.05, 0) is 24.7 Å². The van der Waals surface area contributed by atoms with E-state index < -0.39 is 0 Å². The van der Waals surface area contributed by atoms with Crippen LogP contribution in [0.5, 0.6) is 0 Å². The van der Waals surface area contributed by atoms with E-state index >= 15 is 0 Å². The van der Waals surface area contributed by atoms with Gasteiger partial charge in [0.1, 0.15) is 5.78 Å². The average molecular weight is 160 g/mol. The number of fused-ring (bicyclic) bond motifs is 5. The molecule has 62 valence electrons. The second kappa shape index (κ2) is 2.09. The van der Waals surface area contributed by atoms with Crippen LogP contribution in [0.4, 0.5) is 0 Å². The van der Waals surface area contributed by atoms with Crippen LogP contribution in [-0.4, -0.2) is 5.78 Å². The second-order valence-electron chi connectivity index (χ2n) is 4.08. The normalized spacial score (nSPS) is 43.2. The Morgan fingerprint density at radius 3 is 3.08 bits per heavy atom. The van der Waals surface area contributed by atoms with Gasteiger partial charge in [0.25, 0.3) is 0 Å². The van der Waals surface area contributed by atoms with Crippen molar-refractivity contribution in [3.63, 3.8) is 0 Å². The average Bonchev–Trinajstić information content (AvgIpc) is 2.64. The van der Waals surface area contributed by atoms with Gasteiger partial charge < -0.3 is 0 Å². The summed E-state index contributed by atoms with van der Waals surface area (Å²) in [4.78, 5) is 11.6. The third-order valence-corrected chi connectivity index (χ3v) is 3.45. The molecule has 0 aromatic rings. The van der Waals surface area contributed by atoms with Crippen molar-refractivity contribution in [2.45, 2.75) is 19.3 Å². The largest absolute Gasteiger partial charge is 0.299 e. The molecule has 3 aliphatic rings. The maximum absolute atomic E-state index is 11.6. The van der Waals surface area contributed by atoms with Crippen LogP contribution in [0.15, 0.2) is 23.8 Å². The van der Waals surface area contributed by atoms with Crippen LogP contribution in [0.3, 0.4) is 0 Å². The smallest absolute Gasteiger partial charge is 0.140 e. The molecule has 1 fully saturated rings. The quantitative estimate of drug-likeness (QED) is 0.496. The lowest BCUT2D eigenvalue weighted by Gasteiger charge is -2.23. The molecule has 3 rings (SSSR count). The molecule has 0 aromatic heterocycles. The molecule has 0 aliphatic heterocycles. The zero-order valence-electron chi connectivity index (χ0n) is 6.99. The molecule has 0 N–H and O–H groups in total. The van der Waals surface area contributed by atoms with Gasteiger partial charge in [0.05, 0.1) is 0 Å². The lowest BCUT2D eigenvalue weighted by Crippen LogP contribution is -2.23. The van der Waals surface area contributed by atoms with Crippen molar-refractivity contribution in [1.82, 2.24) is 0 Å². The van der Waals surface area contributed by atoms with Gasteiger partial charge in [-0.15, -0.1) is 0 Å². The van der Waals surface area contributed by atoms with Gasteiger partial charge in [0, 0.05) is 12.3 Å². The number of allylic oxidation sites excluding steroid dienone is 4. The minimum absolute atomic E-state index is 0.300. The van der Waals surface area contributed by atoms with Gasteiger partial charge in [-0.2, -0.15) is 0 Å². The summed E-state index contributed by atoms with van der Waals surface area (Å²) in [5.41, 5.74) is 1.44. The molecule has 1 unspecified atom stereocenters. The molecular weight excluding hydrogens is 148 g/mol. The topological polar surface area (TPSA) is 17.1 Å². The van der Waals surface area contributed by atoms with E-state index in [0.717, 1.165) is 12.8 Å². The zero-order valence-corrected chi connectivity index (χ0v) is 6.99. The highest BCUT2D eigenvalue weighted by atomic mass is 16.1. The first-order chi connectivity index (χ1) is 5.86. The Labute approximate surface area is 72.2 Å². The van der Waals surface area contributed by atoms with Gasteiger partial charge in [-0.3, -0.25) is 4.79 Å². The lowest BCUT2D eigenvalue weighted by atomic mass is 9.80. The van der Waals surface area contributed by atoms with E-state index in [2.05, 4.69) is 18.2 Å². The summed E-state index contributed by atoms with van der Waals surface area (Å²) in [6, 6.07) is 0. The summed E-state index contributed by atoms with van der Waals surface area (Å²) in [5.74, 6) is 1.98. The molecule has 12 heavy (non-hydrogen) atoms. The monoisotopic (exact) mass is 160 g/mol. The fourth-order valence-corrected chi connectivity index (χ4v) is 2.94. The summed E-state index contributed by atoms with van der Waals surface area (Å²) in [5, 5.41) is 0. The first-order valence-electron chi connectivity index (χ1n) is 4.77. The zero-order chi connectivity index (χ0) is 8.13. The third kappa shape index (κ3) is 0.669. The Balaban J connectivity index is 2.09. The summed E-state index contributed by atoms with van der Waals surface area (Å²) >= 11 is 0. The molecule has 3 atom stereocenters. The van der Waals surface area contributed by atoms with Crippen LogP contribution in [-0.2, 0) is 4.79 Å². The molecule has 0 spiro atoms. The van der Waals surface area contributed by atoms with Crippen molar-refractivity contribution in [2.24, 2.45) is 17.8 Å². The Bertz CT molecular complexity index is 298. The van der Waals surface area contributed by atoms with E-state index in [9.17, 15) is 4.79 Å². The van der Waals surface area contributed by atoms with Crippen molar-refractivity contribution in [3.05, 3.63) is 23.8 Å². The first-order valence-corrected chi connectivity index (χ1v) is 4.77. The van der Waals surface area contributed by atoms with Gasteiger partial charge in [-0.25, -0.2) is 0 Å². The Kier molecular flexibility index (Phi) is 1.16. The van der Waals surface area contributed by atoms with Crippen LogP contribution >= 0.6 is 0 Å². The van der Waals surface area contributed by atoms with Crippen LogP contribution in [0.2, 0.25) is 0 Å². The molecule has 0 saturated heterocycles. The van der Waals surface area contributed by atoms with Crippen molar-refractivity contribution in [1.29, 1.82) is 0 Å². The van der Waals surface area contributed by atoms with Crippen molar-refractivity contribution in [3.8, 4) is 0 Å². The molecule has 1 saturated carbocycles. The minimum atomic E-state index is 0.300. The second-order valence-corrected chi connectivity index (χ2v) is 4.08. The Morgan fingerprint density at radius 2 is 2.25 bits per heavy atom. The Hall–Kier alpha value is -0.850. The highest BCUT2D eigenvalue weighted by Gasteiger charge is 2.44. The summed E-state index contributed by atoms with van der Waals surface area (Å²) in [6.45, 7) is 0. The van der Waals surface area contributed by atoms with Crippen molar-refractivity contribution < 1.29 is 4.79 Å². The van der Waals surface area contributed by atoms with E-state index in [1.807, 2.05) is 0 Å². The number of ketones is 1. The van der Waals surface area contributed by atoms with Gasteiger partial charge in [0.15, 0.2) is 0 Å². The van der Waals surface area contributed by atoms with Crippen LogP contribution in [0.25, 0.3) is 0 Å². The number of hydrogen-bond donors (Lipinski definition) is 0. The highest BCUT2D eigenvalue weighted by molar-refractivity contribution is 5.87. The number of carbonyl (C=O) groups is 1. The summed E-state index contributed by atoms with van der Waals surface area (Å²) in [7, 11) is 0. The van der Waals surface area contributed by atoms with E-state index in [-0.39, 0.29) is 0 Å². The summed E-state index contributed by atoms with van der Waals surface area (Å²) < 4.78 is 0. The van der Waals surface area contributed by atoms with Crippen molar-refractivity contribution in [2.75, 3.05) is 0 Å². The SMILES string of the molecule is O=C1CCC=C2C1[C@H]1C=C[C@@H]2C1. The van der Waals surface area contributed by atoms with Gasteiger partial charge in [-0.1, -0.05) is 23.8 Å². The predicted octanol–water partition coefficient (Wildman–Crippen LogP) is 2.10. The lowest BCUT2D eigenvalue weighted by molar-refractivity contribution is -0.122. The van der Waals surface area contributed by atoms with Crippen LogP contribution in [0.1, 0.15) is 19.3 Å². The minimum Gasteiger partial charge on any atom is -0.299 e. The molecule has 0 amide bonds. The van der Waals surface area contributed by atoms with Crippen LogP contribution in [0, 0.1) is 17.8 Å². The predicted molar refractivity (Wildman–Crippen MR) is 46.6 cm³/mol. The molecule has 1 heteroatoms. The van der Waals surface area contributed by atoms with Gasteiger partial charge >= 0.3 is 0 Å². The van der Waals surface area contributed by atoms with E-state index in [1.54, 1.807) is 0 Å². The molecule has 0 heterocycles. The van der Waals surface area contributed by atoms with E-state index in [1.165, 1.54) is 12.0 Å². The number of rotatable bonds is 0. The number of hydrogen-bond acceptors (Lipinski definition) is 1. The molecule has 1 nitrogen and oxygen atoms in total. The van der Waals surface area contributed by atoms with Crippen LogP contribution < -0.4 is 0 Å². The molecule has 0 aromatic carbocycles. The molecule has 0 radical (unpaired) electrons. The van der Waals surface area contributed by atoms with E-state index in [4.69, 9.17) is 0 Å². The summed E-state index contributed by atoms with van der Waals surface area (Å²) in [6.07, 6.45) is 9.82. The first kappa shape index (κ1) is 6.64. The molecular formula is C11H12O. The fraction of sp³-hybridized carbons (Fsp3) is 0.545. The van der Waals surface area contributed by atoms with E-state index in [0.29, 0.717) is 23.5 Å². The molecule has 2 bridgehead atoms. The number of carbonyl (C=O) groups excluding carboxylic acids is 1. The number of Topliss-reactive ketones (excluding diaryl/α,β-unsaturated/α-hetero) is 1. The molecule has 3 aliphatic carbocycles. The third-order valence-electron chi connectivity index (χ3n) is 3.45. The standard InChI is InChI=1S/C11H12O/c12-10-3-1-2-9-7-4-5-8(6-7)11(9)10/h2,4-5,7-8,11H,1,3,6H2/t7-,8+,11?/m1/s1. The van der Waals surface area contributed by atoms with Crippen molar-refractivity contribution >= 4 is 5.78 Å². The Morgan fingerprint density at radius 1 is 1.33 bits per heavy atom.